The number of rotatable bonds is 7. The van der Waals surface area contributed by atoms with Crippen LogP contribution in [0.25, 0.3) is 0 Å². The van der Waals surface area contributed by atoms with Gasteiger partial charge in [-0.3, -0.25) is 5.43 Å². The molecule has 1 N–H and O–H groups in total. The topological polar surface area (TPSA) is 30.9 Å². The number of hydrazone groups is 1. The fourth-order valence-corrected chi connectivity index (χ4v) is 0.865. The van der Waals surface area contributed by atoms with Gasteiger partial charge in [0.15, 0.2) is 0 Å². The molecule has 0 amide bonds. The van der Waals surface area contributed by atoms with Crippen molar-refractivity contribution in [3.05, 3.63) is 12.3 Å². The minimum Gasteiger partial charge on any atom is -0.308 e. The molecule has 0 radical (unpaired) electrons. The van der Waals surface area contributed by atoms with Crippen molar-refractivity contribution in [2.45, 2.75) is 6.92 Å². The lowest BCUT2D eigenvalue weighted by Gasteiger charge is -2.17. The highest BCUT2D eigenvalue weighted by Crippen LogP contribution is 1.84. The number of likely N-dealkylation sites (N-methyl/N-ethyl adjacent to an activating group) is 2. The third kappa shape index (κ3) is 9.22. The van der Waals surface area contributed by atoms with E-state index in [0.717, 1.165) is 19.6 Å². The summed E-state index contributed by atoms with van der Waals surface area (Å²) in [6.07, 6.45) is 5.63. The molecule has 4 nitrogen and oxygen atoms in total. The van der Waals surface area contributed by atoms with E-state index >= 15 is 0 Å². The molecule has 82 valence electrons. The number of nitrogens with zero attached hydrogens (tertiary/aromatic N) is 3. The van der Waals surface area contributed by atoms with Crippen molar-refractivity contribution in [3.8, 4) is 0 Å². The summed E-state index contributed by atoms with van der Waals surface area (Å²) in [5, 5.41) is 3.85. The molecule has 0 aromatic heterocycles. The molecule has 0 saturated carbocycles. The van der Waals surface area contributed by atoms with Crippen LogP contribution in [-0.4, -0.2) is 56.8 Å². The Morgan fingerprint density at radius 2 is 1.93 bits per heavy atom. The Bertz CT molecular complexity index is 175. The van der Waals surface area contributed by atoms with Gasteiger partial charge in [0.1, 0.15) is 0 Å². The standard InChI is InChI=1S/C10H22N4/c1-5-11-12-7-6-8-14(4)10-9-13(2)3/h5-7,12H,8-10H2,1-4H3/b7-6+,11-5+. The predicted octanol–water partition coefficient (Wildman–Crippen LogP) is 0.589. The quantitative estimate of drug-likeness (QED) is 0.480. The summed E-state index contributed by atoms with van der Waals surface area (Å²) in [6.45, 7) is 4.99. The lowest BCUT2D eigenvalue weighted by atomic mass is 10.5. The van der Waals surface area contributed by atoms with Crippen LogP contribution >= 0.6 is 0 Å². The zero-order chi connectivity index (χ0) is 10.8. The molecular weight excluding hydrogens is 176 g/mol. The number of nitrogens with one attached hydrogen (secondary N) is 1. The van der Waals surface area contributed by atoms with Crippen molar-refractivity contribution in [2.24, 2.45) is 5.10 Å². The van der Waals surface area contributed by atoms with E-state index in [4.69, 9.17) is 0 Å². The number of hydrogen-bond acceptors (Lipinski definition) is 4. The van der Waals surface area contributed by atoms with Gasteiger partial charge in [-0.2, -0.15) is 5.10 Å². The second-order valence-electron chi connectivity index (χ2n) is 3.48. The van der Waals surface area contributed by atoms with Gasteiger partial charge >= 0.3 is 0 Å². The smallest absolute Gasteiger partial charge is 0.0215 e. The van der Waals surface area contributed by atoms with Crippen molar-refractivity contribution in [3.63, 3.8) is 0 Å². The second kappa shape index (κ2) is 8.72. The first-order valence-corrected chi connectivity index (χ1v) is 4.88. The maximum atomic E-state index is 3.85. The minimum atomic E-state index is 0.945. The van der Waals surface area contributed by atoms with Crippen LogP contribution in [0.1, 0.15) is 6.92 Å². The molecule has 0 aliphatic carbocycles. The van der Waals surface area contributed by atoms with Gasteiger partial charge in [0.2, 0.25) is 0 Å². The van der Waals surface area contributed by atoms with Gasteiger partial charge in [-0.1, -0.05) is 6.08 Å². The second-order valence-corrected chi connectivity index (χ2v) is 3.48. The molecule has 0 aliphatic rings. The zero-order valence-electron chi connectivity index (χ0n) is 9.70. The monoisotopic (exact) mass is 198 g/mol. The van der Waals surface area contributed by atoms with Crippen molar-refractivity contribution >= 4 is 6.21 Å². The van der Waals surface area contributed by atoms with Gasteiger partial charge in [0.25, 0.3) is 0 Å². The third-order valence-electron chi connectivity index (χ3n) is 1.74. The Labute approximate surface area is 87.3 Å². The molecule has 4 heteroatoms. The van der Waals surface area contributed by atoms with Gasteiger partial charge in [0.05, 0.1) is 0 Å². The van der Waals surface area contributed by atoms with Crippen molar-refractivity contribution in [1.29, 1.82) is 0 Å². The Kier molecular flexibility index (Phi) is 8.17. The molecule has 0 fully saturated rings. The Hall–Kier alpha value is -0.870. The van der Waals surface area contributed by atoms with E-state index in [1.165, 1.54) is 0 Å². The molecule has 14 heavy (non-hydrogen) atoms. The first-order chi connectivity index (χ1) is 6.66. The lowest BCUT2D eigenvalue weighted by molar-refractivity contribution is 0.302. The van der Waals surface area contributed by atoms with Gasteiger partial charge in [-0.25, -0.2) is 0 Å². The molecule has 0 spiro atoms. The van der Waals surface area contributed by atoms with E-state index in [2.05, 4.69) is 47.5 Å². The van der Waals surface area contributed by atoms with E-state index in [0.29, 0.717) is 0 Å². The van der Waals surface area contributed by atoms with Crippen LogP contribution in [0.5, 0.6) is 0 Å². The Morgan fingerprint density at radius 1 is 1.21 bits per heavy atom. The molecule has 0 heterocycles. The molecule has 0 saturated heterocycles. The molecular formula is C10H22N4. The first kappa shape index (κ1) is 13.1. The van der Waals surface area contributed by atoms with Crippen molar-refractivity contribution in [2.75, 3.05) is 40.8 Å². The minimum absolute atomic E-state index is 0.945. The van der Waals surface area contributed by atoms with Crippen LogP contribution in [0.15, 0.2) is 17.4 Å². The van der Waals surface area contributed by atoms with E-state index in [-0.39, 0.29) is 0 Å². The van der Waals surface area contributed by atoms with Crippen LogP contribution in [0.4, 0.5) is 0 Å². The van der Waals surface area contributed by atoms with Gasteiger partial charge in [-0.15, -0.1) is 0 Å². The first-order valence-electron chi connectivity index (χ1n) is 4.88. The predicted molar refractivity (Wildman–Crippen MR) is 62.5 cm³/mol. The van der Waals surface area contributed by atoms with Crippen molar-refractivity contribution < 1.29 is 0 Å². The van der Waals surface area contributed by atoms with Crippen LogP contribution in [0.3, 0.4) is 0 Å². The Morgan fingerprint density at radius 3 is 2.50 bits per heavy atom. The van der Waals surface area contributed by atoms with Gasteiger partial charge in [-0.05, 0) is 28.1 Å². The zero-order valence-corrected chi connectivity index (χ0v) is 9.70. The summed E-state index contributed by atoms with van der Waals surface area (Å²) < 4.78 is 0. The average Bonchev–Trinajstić information content (AvgIpc) is 2.14. The highest BCUT2D eigenvalue weighted by Gasteiger charge is 1.95. The van der Waals surface area contributed by atoms with Crippen LogP contribution < -0.4 is 5.43 Å². The van der Waals surface area contributed by atoms with Crippen LogP contribution in [0, 0.1) is 0 Å². The highest BCUT2D eigenvalue weighted by atomic mass is 15.3. The summed E-state index contributed by atoms with van der Waals surface area (Å²) in [6, 6.07) is 0. The summed E-state index contributed by atoms with van der Waals surface area (Å²) in [5.74, 6) is 0. The van der Waals surface area contributed by atoms with Crippen molar-refractivity contribution in [1.82, 2.24) is 15.2 Å². The van der Waals surface area contributed by atoms with Gasteiger partial charge in [0, 0.05) is 32.0 Å². The maximum absolute atomic E-state index is 3.85. The largest absolute Gasteiger partial charge is 0.308 e. The molecule has 0 aromatic carbocycles. The average molecular weight is 198 g/mol. The SMILES string of the molecule is C/C=N/N/C=C/CN(C)CCN(C)C. The third-order valence-corrected chi connectivity index (χ3v) is 1.74. The van der Waals surface area contributed by atoms with Crippen LogP contribution in [0.2, 0.25) is 0 Å². The van der Waals surface area contributed by atoms with E-state index in [1.54, 1.807) is 6.21 Å². The van der Waals surface area contributed by atoms with Crippen LogP contribution in [-0.2, 0) is 0 Å². The molecule has 0 unspecified atom stereocenters. The number of hydrogen-bond donors (Lipinski definition) is 1. The van der Waals surface area contributed by atoms with E-state index in [1.807, 2.05) is 13.1 Å². The fraction of sp³-hybridized carbons (Fsp3) is 0.700. The van der Waals surface area contributed by atoms with E-state index in [9.17, 15) is 0 Å². The lowest BCUT2D eigenvalue weighted by Crippen LogP contribution is -2.28. The molecule has 0 aromatic rings. The Balaban J connectivity index is 3.42. The van der Waals surface area contributed by atoms with E-state index < -0.39 is 0 Å². The highest BCUT2D eigenvalue weighted by molar-refractivity contribution is 5.52. The molecule has 0 bridgehead atoms. The van der Waals surface area contributed by atoms with Gasteiger partial charge < -0.3 is 9.80 Å². The normalized spacial score (nSPS) is 12.4. The summed E-state index contributed by atoms with van der Waals surface area (Å²) in [5.41, 5.74) is 2.81. The molecule has 0 atom stereocenters. The summed E-state index contributed by atoms with van der Waals surface area (Å²) >= 11 is 0. The summed E-state index contributed by atoms with van der Waals surface area (Å²) in [4.78, 5) is 4.44. The molecule has 0 rings (SSSR count). The molecule has 0 aliphatic heterocycles. The maximum Gasteiger partial charge on any atom is 0.0215 e. The summed E-state index contributed by atoms with van der Waals surface area (Å²) in [7, 11) is 6.28. The fourth-order valence-electron chi connectivity index (χ4n) is 0.865.